The Hall–Kier alpha value is -0.0400. The van der Waals surface area contributed by atoms with Crippen LogP contribution in [-0.4, -0.2) is 13.1 Å². The predicted octanol–water partition coefficient (Wildman–Crippen LogP) is 1.57. The van der Waals surface area contributed by atoms with Crippen LogP contribution < -0.4 is 5.32 Å². The summed E-state index contributed by atoms with van der Waals surface area (Å²) in [4.78, 5) is 0. The highest BCUT2D eigenvalue weighted by Gasteiger charge is 2.35. The first-order valence-electron chi connectivity index (χ1n) is 4.23. The van der Waals surface area contributed by atoms with E-state index in [9.17, 15) is 0 Å². The lowest BCUT2D eigenvalue weighted by atomic mass is 9.78. The molecule has 2 fully saturated rings. The quantitative estimate of drug-likeness (QED) is 0.480. The maximum atomic E-state index is 4.32. The van der Waals surface area contributed by atoms with Gasteiger partial charge in [0, 0.05) is 13.1 Å². The third-order valence-electron chi connectivity index (χ3n) is 2.76. The maximum absolute atomic E-state index is 4.32. The normalized spacial score (nSPS) is 31.2. The van der Waals surface area contributed by atoms with Crippen LogP contribution in [-0.2, 0) is 0 Å². The van der Waals surface area contributed by atoms with E-state index in [1.54, 1.807) is 0 Å². The van der Waals surface area contributed by atoms with E-state index in [0.717, 1.165) is 13.1 Å². The predicted molar refractivity (Wildman–Crippen MR) is 41.4 cm³/mol. The molecule has 0 aromatic carbocycles. The topological polar surface area (TPSA) is 14.1 Å². The molecule has 0 aromatic heterocycles. The van der Waals surface area contributed by atoms with Crippen LogP contribution in [0.4, 0.5) is 0 Å². The van der Waals surface area contributed by atoms with Gasteiger partial charge in [-0.3, -0.25) is 0 Å². The standard InChI is InChI=1S/C9H14N/c1-2-4-9(3-1)5-7-10-8-6-9/h3,5H,1-2,4,6-8H2. The van der Waals surface area contributed by atoms with Gasteiger partial charge in [0.05, 0.1) is 0 Å². The Bertz CT molecular complexity index is 106. The first-order valence-corrected chi connectivity index (χ1v) is 4.23. The summed E-state index contributed by atoms with van der Waals surface area (Å²) in [7, 11) is 0. The van der Waals surface area contributed by atoms with Crippen molar-refractivity contribution in [3.05, 3.63) is 12.8 Å². The average Bonchev–Trinajstić information content (AvgIpc) is 2.39. The fourth-order valence-corrected chi connectivity index (χ4v) is 2.06. The van der Waals surface area contributed by atoms with E-state index in [1.165, 1.54) is 25.7 Å². The molecule has 1 saturated carbocycles. The van der Waals surface area contributed by atoms with E-state index < -0.39 is 0 Å². The van der Waals surface area contributed by atoms with E-state index in [4.69, 9.17) is 0 Å². The van der Waals surface area contributed by atoms with E-state index in [1.807, 2.05) is 0 Å². The van der Waals surface area contributed by atoms with Crippen molar-refractivity contribution < 1.29 is 0 Å². The second-order valence-electron chi connectivity index (χ2n) is 3.41. The molecule has 1 atom stereocenters. The van der Waals surface area contributed by atoms with Crippen LogP contribution in [0.15, 0.2) is 0 Å². The molecule has 1 heterocycles. The van der Waals surface area contributed by atoms with Gasteiger partial charge >= 0.3 is 0 Å². The van der Waals surface area contributed by atoms with Crippen molar-refractivity contribution in [1.82, 2.24) is 5.32 Å². The van der Waals surface area contributed by atoms with Crippen molar-refractivity contribution in [2.24, 2.45) is 5.41 Å². The van der Waals surface area contributed by atoms with Gasteiger partial charge in [-0.2, -0.15) is 0 Å². The van der Waals surface area contributed by atoms with Gasteiger partial charge in [-0.1, -0.05) is 6.42 Å². The van der Waals surface area contributed by atoms with Crippen LogP contribution in [0.5, 0.6) is 0 Å². The Kier molecular flexibility index (Phi) is 1.69. The second kappa shape index (κ2) is 2.54. The average molecular weight is 136 g/mol. The van der Waals surface area contributed by atoms with Crippen LogP contribution in [0.25, 0.3) is 0 Å². The van der Waals surface area contributed by atoms with Gasteiger partial charge < -0.3 is 0 Å². The van der Waals surface area contributed by atoms with Gasteiger partial charge in [0.2, 0.25) is 0 Å². The Balaban J connectivity index is 1.98. The molecule has 1 unspecified atom stereocenters. The molecule has 1 aliphatic carbocycles. The number of piperidine rings is 1. The molecule has 1 nitrogen and oxygen atoms in total. The molecule has 3 radical (unpaired) electrons. The van der Waals surface area contributed by atoms with Crippen LogP contribution in [0.3, 0.4) is 0 Å². The smallest absolute Gasteiger partial charge is 0.0170 e. The van der Waals surface area contributed by atoms with Gasteiger partial charge in [0.1, 0.15) is 0 Å². The molecule has 10 heavy (non-hydrogen) atoms. The van der Waals surface area contributed by atoms with Crippen molar-refractivity contribution in [2.45, 2.75) is 25.7 Å². The molecule has 2 aliphatic rings. The molecule has 0 amide bonds. The molecule has 2 rings (SSSR count). The number of hydrogen-bond donors (Lipinski definition) is 0. The molecule has 0 bridgehead atoms. The van der Waals surface area contributed by atoms with Crippen LogP contribution >= 0.6 is 0 Å². The van der Waals surface area contributed by atoms with Crippen molar-refractivity contribution >= 4 is 0 Å². The van der Waals surface area contributed by atoms with Crippen LogP contribution in [0.1, 0.15) is 25.7 Å². The molecular weight excluding hydrogens is 122 g/mol. The van der Waals surface area contributed by atoms with Gasteiger partial charge in [0.15, 0.2) is 0 Å². The fraction of sp³-hybridized carbons (Fsp3) is 0.778. The van der Waals surface area contributed by atoms with E-state index in [2.05, 4.69) is 18.2 Å². The van der Waals surface area contributed by atoms with Crippen molar-refractivity contribution in [2.75, 3.05) is 13.1 Å². The van der Waals surface area contributed by atoms with Crippen molar-refractivity contribution in [1.29, 1.82) is 0 Å². The zero-order valence-electron chi connectivity index (χ0n) is 6.34. The molecule has 55 valence electrons. The Morgan fingerprint density at radius 2 is 2.20 bits per heavy atom. The highest BCUT2D eigenvalue weighted by atomic mass is 14.9. The van der Waals surface area contributed by atoms with Gasteiger partial charge in [-0.15, -0.1) is 0 Å². The first-order chi connectivity index (χ1) is 4.91. The zero-order chi connectivity index (χ0) is 6.86. The van der Waals surface area contributed by atoms with Crippen molar-refractivity contribution in [3.63, 3.8) is 0 Å². The van der Waals surface area contributed by atoms with E-state index >= 15 is 0 Å². The summed E-state index contributed by atoms with van der Waals surface area (Å²) in [5.74, 6) is 0. The summed E-state index contributed by atoms with van der Waals surface area (Å²) in [6.45, 7) is 2.09. The number of hydrogen-bond acceptors (Lipinski definition) is 0. The summed E-state index contributed by atoms with van der Waals surface area (Å²) >= 11 is 0. The molecular formula is C9H14N. The minimum Gasteiger partial charge on any atom is -0.241 e. The molecule has 1 heteroatoms. The van der Waals surface area contributed by atoms with Crippen LogP contribution in [0.2, 0.25) is 0 Å². The lowest BCUT2D eigenvalue weighted by Crippen LogP contribution is -2.31. The Morgan fingerprint density at radius 1 is 1.20 bits per heavy atom. The second-order valence-corrected chi connectivity index (χ2v) is 3.41. The summed E-state index contributed by atoms with van der Waals surface area (Å²) in [5.41, 5.74) is 0.530. The third-order valence-corrected chi connectivity index (χ3v) is 2.76. The highest BCUT2D eigenvalue weighted by Crippen LogP contribution is 2.43. The minimum absolute atomic E-state index is 0.530. The lowest BCUT2D eigenvalue weighted by Gasteiger charge is -2.32. The number of nitrogens with zero attached hydrogens (tertiary/aromatic N) is 1. The molecule has 1 aliphatic heterocycles. The van der Waals surface area contributed by atoms with E-state index in [-0.39, 0.29) is 0 Å². The van der Waals surface area contributed by atoms with Gasteiger partial charge in [-0.05, 0) is 37.5 Å². The molecule has 1 spiro atoms. The first kappa shape index (κ1) is 6.66. The monoisotopic (exact) mass is 136 g/mol. The molecule has 0 N–H and O–H groups in total. The van der Waals surface area contributed by atoms with Gasteiger partial charge in [0.25, 0.3) is 0 Å². The zero-order valence-corrected chi connectivity index (χ0v) is 6.34. The number of rotatable bonds is 0. The Labute approximate surface area is 63.2 Å². The summed E-state index contributed by atoms with van der Waals surface area (Å²) in [5, 5.41) is 4.32. The van der Waals surface area contributed by atoms with E-state index in [0.29, 0.717) is 5.41 Å². The molecule has 0 aromatic rings. The SMILES string of the molecule is [CH]1CCCC12[CH]C[N]CC2. The summed E-state index contributed by atoms with van der Waals surface area (Å²) < 4.78 is 0. The summed E-state index contributed by atoms with van der Waals surface area (Å²) in [6.07, 6.45) is 10.3. The highest BCUT2D eigenvalue weighted by molar-refractivity contribution is 5.08. The molecule has 1 saturated heterocycles. The maximum Gasteiger partial charge on any atom is 0.0170 e. The third kappa shape index (κ3) is 1.07. The van der Waals surface area contributed by atoms with Gasteiger partial charge in [-0.25, -0.2) is 5.32 Å². The summed E-state index contributed by atoms with van der Waals surface area (Å²) in [6, 6.07) is 0. The Morgan fingerprint density at radius 3 is 2.80 bits per heavy atom. The fourth-order valence-electron chi connectivity index (χ4n) is 2.06. The largest absolute Gasteiger partial charge is 0.241 e. The minimum atomic E-state index is 0.530. The van der Waals surface area contributed by atoms with Crippen molar-refractivity contribution in [3.8, 4) is 0 Å². The van der Waals surface area contributed by atoms with Crippen LogP contribution in [0, 0.1) is 18.3 Å². The lowest BCUT2D eigenvalue weighted by molar-refractivity contribution is 0.334.